The topological polar surface area (TPSA) is 38.0 Å². The van der Waals surface area contributed by atoms with Crippen LogP contribution in [0.4, 0.5) is 0 Å². The van der Waals surface area contributed by atoms with E-state index in [-0.39, 0.29) is 0 Å². The molecule has 0 saturated heterocycles. The largest absolute Gasteiger partial charge is 0.326 e. The minimum Gasteiger partial charge on any atom is -0.326 e. The van der Waals surface area contributed by atoms with Crippen molar-refractivity contribution in [1.82, 2.24) is 5.32 Å². The van der Waals surface area contributed by atoms with Gasteiger partial charge in [-0.25, -0.2) is 0 Å². The van der Waals surface area contributed by atoms with Crippen LogP contribution in [-0.4, -0.2) is 13.1 Å². The third-order valence-electron chi connectivity index (χ3n) is 3.62. The Kier molecular flexibility index (Phi) is 9.38. The first-order valence-corrected chi connectivity index (χ1v) is 7.86. The van der Waals surface area contributed by atoms with Crippen LogP contribution < -0.4 is 11.1 Å². The predicted octanol–water partition coefficient (Wildman–Crippen LogP) is 3.64. The van der Waals surface area contributed by atoms with Gasteiger partial charge >= 0.3 is 0 Å². The number of unbranched alkanes of at least 4 members (excludes halogenated alkanes) is 5. The zero-order valence-electron chi connectivity index (χ0n) is 12.5. The molecule has 1 aromatic rings. The monoisotopic (exact) mass is 262 g/mol. The van der Waals surface area contributed by atoms with Crippen molar-refractivity contribution in [2.24, 2.45) is 5.73 Å². The summed E-state index contributed by atoms with van der Waals surface area (Å²) in [7, 11) is 0. The van der Waals surface area contributed by atoms with Gasteiger partial charge in [-0.05, 0) is 37.1 Å². The molecule has 108 valence electrons. The molecule has 3 N–H and O–H groups in total. The minimum absolute atomic E-state index is 0.646. The Hall–Kier alpha value is -0.860. The summed E-state index contributed by atoms with van der Waals surface area (Å²) in [5.74, 6) is 0. The molecule has 0 fully saturated rings. The highest BCUT2D eigenvalue weighted by Gasteiger charge is 1.99. The van der Waals surface area contributed by atoms with E-state index in [0.29, 0.717) is 6.54 Å². The first-order chi connectivity index (χ1) is 9.38. The van der Waals surface area contributed by atoms with Crippen molar-refractivity contribution in [3.05, 3.63) is 35.4 Å². The van der Waals surface area contributed by atoms with Crippen molar-refractivity contribution in [2.75, 3.05) is 13.1 Å². The lowest BCUT2D eigenvalue weighted by Gasteiger charge is -2.08. The van der Waals surface area contributed by atoms with Crippen LogP contribution in [0.25, 0.3) is 0 Å². The molecule has 0 aliphatic heterocycles. The summed E-state index contributed by atoms with van der Waals surface area (Å²) in [6.45, 7) is 5.12. The molecule has 0 heterocycles. The molecule has 0 amide bonds. The normalized spacial score (nSPS) is 10.8. The van der Waals surface area contributed by atoms with E-state index < -0.39 is 0 Å². The van der Waals surface area contributed by atoms with E-state index in [1.165, 1.54) is 49.7 Å². The zero-order valence-corrected chi connectivity index (χ0v) is 12.5. The Labute approximate surface area is 118 Å². The smallest absolute Gasteiger partial charge is 0.0180 e. The molecule has 0 bridgehead atoms. The Morgan fingerprint density at radius 2 is 1.58 bits per heavy atom. The number of rotatable bonds is 11. The first-order valence-electron chi connectivity index (χ1n) is 7.86. The fourth-order valence-electron chi connectivity index (χ4n) is 2.38. The van der Waals surface area contributed by atoms with Crippen LogP contribution in [0.3, 0.4) is 0 Å². The second kappa shape index (κ2) is 11.0. The molecule has 0 radical (unpaired) electrons. The van der Waals surface area contributed by atoms with Crippen LogP contribution in [0, 0.1) is 0 Å². The van der Waals surface area contributed by atoms with Gasteiger partial charge in [0.15, 0.2) is 0 Å². The highest BCUT2D eigenvalue weighted by Crippen LogP contribution is 2.08. The van der Waals surface area contributed by atoms with Gasteiger partial charge in [-0.2, -0.15) is 0 Å². The third-order valence-corrected chi connectivity index (χ3v) is 3.62. The summed E-state index contributed by atoms with van der Waals surface area (Å²) in [6.07, 6.45) is 9.28. The molecule has 0 saturated carbocycles. The molecule has 0 spiro atoms. The van der Waals surface area contributed by atoms with E-state index in [4.69, 9.17) is 5.73 Å². The van der Waals surface area contributed by atoms with Gasteiger partial charge in [-0.3, -0.25) is 0 Å². The summed E-state index contributed by atoms with van der Waals surface area (Å²) in [5, 5.41) is 3.54. The summed E-state index contributed by atoms with van der Waals surface area (Å²) in [5.41, 5.74) is 8.41. The zero-order chi connectivity index (χ0) is 13.8. The van der Waals surface area contributed by atoms with Crippen molar-refractivity contribution >= 4 is 0 Å². The fraction of sp³-hybridized carbons (Fsp3) is 0.647. The highest BCUT2D eigenvalue weighted by molar-refractivity contribution is 5.27. The molecule has 0 aromatic heterocycles. The molecule has 0 atom stereocenters. The number of nitrogens with two attached hydrogens (primary N) is 1. The molecule has 19 heavy (non-hydrogen) atoms. The maximum Gasteiger partial charge on any atom is 0.0180 e. The summed E-state index contributed by atoms with van der Waals surface area (Å²) >= 11 is 0. The van der Waals surface area contributed by atoms with E-state index in [9.17, 15) is 0 Å². The van der Waals surface area contributed by atoms with Crippen LogP contribution in [0.1, 0.15) is 56.6 Å². The molecule has 0 aliphatic carbocycles. The first kappa shape index (κ1) is 16.2. The SMILES string of the molecule is CCCCCCCCNCCc1ccccc1CN. The summed E-state index contributed by atoms with van der Waals surface area (Å²) in [6, 6.07) is 8.48. The van der Waals surface area contributed by atoms with Gasteiger partial charge in [0, 0.05) is 6.54 Å². The molecule has 1 aromatic carbocycles. The van der Waals surface area contributed by atoms with Gasteiger partial charge < -0.3 is 11.1 Å². The fourth-order valence-corrected chi connectivity index (χ4v) is 2.38. The van der Waals surface area contributed by atoms with E-state index >= 15 is 0 Å². The van der Waals surface area contributed by atoms with Crippen LogP contribution in [-0.2, 0) is 13.0 Å². The third kappa shape index (κ3) is 7.34. The standard InChI is InChI=1S/C17H30N2/c1-2-3-4-5-6-9-13-19-14-12-16-10-7-8-11-17(16)15-18/h7-8,10-11,19H,2-6,9,12-15,18H2,1H3. The second-order valence-corrected chi connectivity index (χ2v) is 5.24. The van der Waals surface area contributed by atoms with Crippen molar-refractivity contribution in [3.8, 4) is 0 Å². The molecular formula is C17H30N2. The van der Waals surface area contributed by atoms with E-state index in [1.807, 2.05) is 0 Å². The lowest BCUT2D eigenvalue weighted by Crippen LogP contribution is -2.19. The summed E-state index contributed by atoms with van der Waals surface area (Å²) in [4.78, 5) is 0. The average molecular weight is 262 g/mol. The van der Waals surface area contributed by atoms with Crippen molar-refractivity contribution in [3.63, 3.8) is 0 Å². The molecule has 0 aliphatic rings. The van der Waals surface area contributed by atoms with Crippen LogP contribution in [0.15, 0.2) is 24.3 Å². The number of hydrogen-bond donors (Lipinski definition) is 2. The molecule has 1 rings (SSSR count). The predicted molar refractivity (Wildman–Crippen MR) is 84.3 cm³/mol. The quantitative estimate of drug-likeness (QED) is 0.598. The van der Waals surface area contributed by atoms with Gasteiger partial charge in [0.2, 0.25) is 0 Å². The van der Waals surface area contributed by atoms with Crippen molar-refractivity contribution < 1.29 is 0 Å². The maximum atomic E-state index is 5.74. The lowest BCUT2D eigenvalue weighted by atomic mass is 10.0. The van der Waals surface area contributed by atoms with E-state index in [1.54, 1.807) is 0 Å². The minimum atomic E-state index is 0.646. The van der Waals surface area contributed by atoms with Gasteiger partial charge in [-0.15, -0.1) is 0 Å². The Balaban J connectivity index is 2.01. The van der Waals surface area contributed by atoms with E-state index in [2.05, 4.69) is 36.5 Å². The van der Waals surface area contributed by atoms with E-state index in [0.717, 1.165) is 19.5 Å². The van der Waals surface area contributed by atoms with Crippen molar-refractivity contribution in [2.45, 2.75) is 58.4 Å². The second-order valence-electron chi connectivity index (χ2n) is 5.24. The van der Waals surface area contributed by atoms with Crippen molar-refractivity contribution in [1.29, 1.82) is 0 Å². The maximum absolute atomic E-state index is 5.74. The Morgan fingerprint density at radius 3 is 2.32 bits per heavy atom. The van der Waals surface area contributed by atoms with Crippen LogP contribution >= 0.6 is 0 Å². The molecule has 2 heteroatoms. The van der Waals surface area contributed by atoms with Crippen LogP contribution in [0.2, 0.25) is 0 Å². The Morgan fingerprint density at radius 1 is 0.895 bits per heavy atom. The summed E-state index contributed by atoms with van der Waals surface area (Å²) < 4.78 is 0. The van der Waals surface area contributed by atoms with Gasteiger partial charge in [0.25, 0.3) is 0 Å². The molecule has 2 nitrogen and oxygen atoms in total. The lowest BCUT2D eigenvalue weighted by molar-refractivity contribution is 0.572. The Bertz CT molecular complexity index is 323. The van der Waals surface area contributed by atoms with Gasteiger partial charge in [-0.1, -0.05) is 63.3 Å². The number of benzene rings is 1. The number of nitrogens with one attached hydrogen (secondary N) is 1. The van der Waals surface area contributed by atoms with Crippen LogP contribution in [0.5, 0.6) is 0 Å². The highest BCUT2D eigenvalue weighted by atomic mass is 14.8. The molecule has 0 unspecified atom stereocenters. The van der Waals surface area contributed by atoms with Gasteiger partial charge in [0.1, 0.15) is 0 Å². The molecular weight excluding hydrogens is 232 g/mol. The van der Waals surface area contributed by atoms with Gasteiger partial charge in [0.05, 0.1) is 0 Å². The number of hydrogen-bond acceptors (Lipinski definition) is 2. The average Bonchev–Trinajstić information content (AvgIpc) is 2.46.